The molecule has 0 aliphatic rings. The van der Waals surface area contributed by atoms with E-state index >= 15 is 0 Å². The molecule has 0 saturated carbocycles. The lowest BCUT2D eigenvalue weighted by Crippen LogP contribution is -2.14. The molecule has 1 heterocycles. The van der Waals surface area contributed by atoms with Crippen molar-refractivity contribution in [2.24, 2.45) is 0 Å². The average molecular weight is 362 g/mol. The van der Waals surface area contributed by atoms with Crippen LogP contribution in [0.15, 0.2) is 54.6 Å². The number of nitrogens with zero attached hydrogens (tertiary/aromatic N) is 2. The molecule has 3 aromatic rings. The lowest BCUT2D eigenvalue weighted by molar-refractivity contribution is 0.102. The van der Waals surface area contributed by atoms with E-state index in [0.29, 0.717) is 17.3 Å². The Hall–Kier alpha value is -3.41. The zero-order chi connectivity index (χ0) is 19.2. The third-order valence-electron chi connectivity index (χ3n) is 4.22. The van der Waals surface area contributed by atoms with E-state index in [4.69, 9.17) is 4.74 Å². The first-order valence-corrected chi connectivity index (χ1v) is 8.75. The average Bonchev–Trinajstić information content (AvgIpc) is 2.70. The molecule has 0 unspecified atom stereocenters. The number of aromatic nitrogens is 2. The van der Waals surface area contributed by atoms with Crippen molar-refractivity contribution >= 4 is 23.1 Å². The summed E-state index contributed by atoms with van der Waals surface area (Å²) >= 11 is 0. The summed E-state index contributed by atoms with van der Waals surface area (Å²) in [5.41, 5.74) is 4.25. The van der Waals surface area contributed by atoms with Gasteiger partial charge in [-0.25, -0.2) is 0 Å². The molecule has 0 atom stereocenters. The smallest absolute Gasteiger partial charge is 0.276 e. The highest BCUT2D eigenvalue weighted by Crippen LogP contribution is 2.24. The number of benzene rings is 2. The highest BCUT2D eigenvalue weighted by molar-refractivity contribution is 6.02. The molecule has 0 saturated heterocycles. The minimum Gasteiger partial charge on any atom is -0.497 e. The molecule has 0 aliphatic heterocycles. The normalized spacial score (nSPS) is 10.3. The molecule has 0 bridgehead atoms. The topological polar surface area (TPSA) is 76.1 Å². The quantitative estimate of drug-likeness (QED) is 0.682. The first-order chi connectivity index (χ1) is 13.1. The molecule has 3 rings (SSSR count). The van der Waals surface area contributed by atoms with Crippen molar-refractivity contribution in [3.63, 3.8) is 0 Å². The number of amides is 1. The molecule has 27 heavy (non-hydrogen) atoms. The number of hydrogen-bond acceptors (Lipinski definition) is 5. The van der Waals surface area contributed by atoms with Gasteiger partial charge in [-0.2, -0.15) is 0 Å². The van der Waals surface area contributed by atoms with Crippen LogP contribution in [0.2, 0.25) is 0 Å². The van der Waals surface area contributed by atoms with Gasteiger partial charge in [0.2, 0.25) is 0 Å². The Balaban J connectivity index is 1.72. The minimum atomic E-state index is -0.326. The van der Waals surface area contributed by atoms with Crippen LogP contribution in [0, 0.1) is 6.92 Å². The van der Waals surface area contributed by atoms with E-state index in [0.717, 1.165) is 17.7 Å². The summed E-state index contributed by atoms with van der Waals surface area (Å²) < 4.78 is 5.16. The molecule has 6 heteroatoms. The van der Waals surface area contributed by atoms with Crippen LogP contribution in [0.3, 0.4) is 0 Å². The van der Waals surface area contributed by atoms with Gasteiger partial charge in [0, 0.05) is 17.4 Å². The predicted octanol–water partition coefficient (Wildman–Crippen LogP) is 4.35. The van der Waals surface area contributed by atoms with E-state index in [1.54, 1.807) is 37.4 Å². The van der Waals surface area contributed by atoms with Gasteiger partial charge in [-0.15, -0.1) is 10.2 Å². The van der Waals surface area contributed by atoms with Gasteiger partial charge in [-0.3, -0.25) is 4.79 Å². The molecule has 1 amide bonds. The van der Waals surface area contributed by atoms with Crippen molar-refractivity contribution in [2.75, 3.05) is 17.7 Å². The van der Waals surface area contributed by atoms with Gasteiger partial charge in [0.15, 0.2) is 11.5 Å². The predicted molar refractivity (Wildman–Crippen MR) is 107 cm³/mol. The zero-order valence-corrected chi connectivity index (χ0v) is 15.6. The monoisotopic (exact) mass is 362 g/mol. The summed E-state index contributed by atoms with van der Waals surface area (Å²) in [4.78, 5) is 12.4. The Morgan fingerprint density at radius 1 is 1.07 bits per heavy atom. The molecule has 0 radical (unpaired) electrons. The van der Waals surface area contributed by atoms with E-state index in [1.807, 2.05) is 25.1 Å². The number of para-hydroxylation sites is 1. The van der Waals surface area contributed by atoms with Crippen molar-refractivity contribution < 1.29 is 9.53 Å². The van der Waals surface area contributed by atoms with Crippen LogP contribution in [0.25, 0.3) is 0 Å². The molecule has 138 valence electrons. The molecular formula is C21H22N4O2. The molecule has 2 N–H and O–H groups in total. The first kappa shape index (κ1) is 18.4. The van der Waals surface area contributed by atoms with Crippen LogP contribution in [0.1, 0.15) is 28.5 Å². The van der Waals surface area contributed by atoms with Crippen molar-refractivity contribution in [1.82, 2.24) is 10.2 Å². The molecule has 6 nitrogen and oxygen atoms in total. The third-order valence-corrected chi connectivity index (χ3v) is 4.22. The van der Waals surface area contributed by atoms with E-state index < -0.39 is 0 Å². The second-order valence-electron chi connectivity index (χ2n) is 6.08. The second-order valence-corrected chi connectivity index (χ2v) is 6.08. The fourth-order valence-corrected chi connectivity index (χ4v) is 2.75. The van der Waals surface area contributed by atoms with Gasteiger partial charge in [-0.1, -0.05) is 31.2 Å². The Morgan fingerprint density at radius 2 is 1.89 bits per heavy atom. The van der Waals surface area contributed by atoms with Crippen LogP contribution in [0.5, 0.6) is 5.75 Å². The maximum Gasteiger partial charge on any atom is 0.276 e. The second kappa shape index (κ2) is 8.31. The number of ether oxygens (including phenoxy) is 1. The van der Waals surface area contributed by atoms with Gasteiger partial charge in [0.25, 0.3) is 5.91 Å². The van der Waals surface area contributed by atoms with Crippen LogP contribution >= 0.6 is 0 Å². The Labute approximate surface area is 158 Å². The molecule has 0 spiro atoms. The SMILES string of the molecule is CCc1cccc(C)c1Nc1ccc(C(=O)Nc2cccc(OC)c2)nn1. The lowest BCUT2D eigenvalue weighted by Gasteiger charge is -2.13. The van der Waals surface area contributed by atoms with E-state index in [9.17, 15) is 4.79 Å². The molecule has 2 aromatic carbocycles. The number of methoxy groups -OCH3 is 1. The highest BCUT2D eigenvalue weighted by atomic mass is 16.5. The fourth-order valence-electron chi connectivity index (χ4n) is 2.75. The van der Waals surface area contributed by atoms with Gasteiger partial charge in [0.05, 0.1) is 7.11 Å². The van der Waals surface area contributed by atoms with Crippen LogP contribution in [0.4, 0.5) is 17.2 Å². The summed E-state index contributed by atoms with van der Waals surface area (Å²) in [6.07, 6.45) is 0.915. The maximum absolute atomic E-state index is 12.4. The number of rotatable bonds is 6. The first-order valence-electron chi connectivity index (χ1n) is 8.75. The van der Waals surface area contributed by atoms with Crippen LogP contribution < -0.4 is 15.4 Å². The minimum absolute atomic E-state index is 0.240. The van der Waals surface area contributed by atoms with E-state index in [-0.39, 0.29) is 11.6 Å². The van der Waals surface area contributed by atoms with E-state index in [1.165, 1.54) is 5.56 Å². The maximum atomic E-state index is 12.4. The van der Waals surface area contributed by atoms with Crippen molar-refractivity contribution in [3.8, 4) is 5.75 Å². The molecule has 0 fully saturated rings. The van der Waals surface area contributed by atoms with Gasteiger partial charge < -0.3 is 15.4 Å². The van der Waals surface area contributed by atoms with Crippen molar-refractivity contribution in [2.45, 2.75) is 20.3 Å². The van der Waals surface area contributed by atoms with E-state index in [2.05, 4.69) is 33.8 Å². The Kier molecular flexibility index (Phi) is 5.66. The van der Waals surface area contributed by atoms with Crippen LogP contribution in [-0.2, 0) is 6.42 Å². The van der Waals surface area contributed by atoms with Crippen molar-refractivity contribution in [1.29, 1.82) is 0 Å². The Morgan fingerprint density at radius 3 is 2.59 bits per heavy atom. The number of carbonyl (C=O) groups is 1. The highest BCUT2D eigenvalue weighted by Gasteiger charge is 2.10. The summed E-state index contributed by atoms with van der Waals surface area (Å²) in [7, 11) is 1.58. The third kappa shape index (κ3) is 4.41. The number of hydrogen-bond donors (Lipinski definition) is 2. The number of nitrogens with one attached hydrogen (secondary N) is 2. The molecule has 1 aromatic heterocycles. The zero-order valence-electron chi connectivity index (χ0n) is 15.6. The van der Waals surface area contributed by atoms with Gasteiger partial charge in [-0.05, 0) is 48.7 Å². The van der Waals surface area contributed by atoms with Crippen LogP contribution in [-0.4, -0.2) is 23.2 Å². The number of carbonyl (C=O) groups excluding carboxylic acids is 1. The summed E-state index contributed by atoms with van der Waals surface area (Å²) in [6.45, 7) is 4.16. The number of anilines is 3. The van der Waals surface area contributed by atoms with Gasteiger partial charge >= 0.3 is 0 Å². The van der Waals surface area contributed by atoms with Gasteiger partial charge in [0.1, 0.15) is 5.75 Å². The van der Waals surface area contributed by atoms with Crippen molar-refractivity contribution in [3.05, 3.63) is 71.4 Å². The lowest BCUT2D eigenvalue weighted by atomic mass is 10.1. The largest absolute Gasteiger partial charge is 0.497 e. The fraction of sp³-hybridized carbons (Fsp3) is 0.190. The summed E-state index contributed by atoms with van der Waals surface area (Å²) in [5.74, 6) is 0.938. The molecular weight excluding hydrogens is 340 g/mol. The standard InChI is InChI=1S/C21H22N4O2/c1-4-15-8-5-7-14(2)20(15)23-19-12-11-18(24-25-19)21(26)22-16-9-6-10-17(13-16)27-3/h5-13H,4H2,1-3H3,(H,22,26)(H,23,25). The molecule has 0 aliphatic carbocycles. The summed E-state index contributed by atoms with van der Waals surface area (Å²) in [5, 5.41) is 14.3. The Bertz CT molecular complexity index is 939. The summed E-state index contributed by atoms with van der Waals surface area (Å²) in [6, 6.07) is 16.7. The number of aryl methyl sites for hydroxylation is 2.